The SMILES string of the molecule is Br.Oc1cc2c(cc1O)C1c3sccc3CNC1CC2. The molecule has 1 aliphatic carbocycles. The summed E-state index contributed by atoms with van der Waals surface area (Å²) in [6, 6.07) is 6.10. The van der Waals surface area contributed by atoms with Crippen molar-refractivity contribution in [3.63, 3.8) is 0 Å². The molecule has 2 atom stereocenters. The number of fused-ring (bicyclic) bond motifs is 5. The van der Waals surface area contributed by atoms with Crippen molar-refractivity contribution in [3.8, 4) is 11.5 Å². The van der Waals surface area contributed by atoms with Crippen molar-refractivity contribution in [2.75, 3.05) is 0 Å². The highest BCUT2D eigenvalue weighted by atomic mass is 79.9. The lowest BCUT2D eigenvalue weighted by molar-refractivity contribution is 0.383. The number of hydrogen-bond acceptors (Lipinski definition) is 4. The van der Waals surface area contributed by atoms with Crippen LogP contribution in [-0.2, 0) is 13.0 Å². The largest absolute Gasteiger partial charge is 0.504 e. The van der Waals surface area contributed by atoms with E-state index in [2.05, 4.69) is 16.8 Å². The normalized spacial score (nSPS) is 23.2. The summed E-state index contributed by atoms with van der Waals surface area (Å²) < 4.78 is 0. The summed E-state index contributed by atoms with van der Waals surface area (Å²) in [5, 5.41) is 25.2. The van der Waals surface area contributed by atoms with Crippen LogP contribution in [-0.4, -0.2) is 16.3 Å². The highest BCUT2D eigenvalue weighted by molar-refractivity contribution is 8.93. The van der Waals surface area contributed by atoms with E-state index in [1.165, 1.54) is 21.6 Å². The molecule has 1 aromatic carbocycles. The molecule has 0 saturated carbocycles. The van der Waals surface area contributed by atoms with Crippen molar-refractivity contribution in [3.05, 3.63) is 45.1 Å². The molecule has 1 aliphatic heterocycles. The maximum absolute atomic E-state index is 9.80. The van der Waals surface area contributed by atoms with Gasteiger partial charge in [-0.25, -0.2) is 0 Å². The van der Waals surface area contributed by atoms with Gasteiger partial charge >= 0.3 is 0 Å². The van der Waals surface area contributed by atoms with Gasteiger partial charge in [0.25, 0.3) is 0 Å². The first-order valence-electron chi connectivity index (χ1n) is 6.58. The second-order valence-corrected chi connectivity index (χ2v) is 6.30. The van der Waals surface area contributed by atoms with Crippen LogP contribution < -0.4 is 5.32 Å². The average molecular weight is 354 g/mol. The summed E-state index contributed by atoms with van der Waals surface area (Å²) in [6.45, 7) is 0.944. The van der Waals surface area contributed by atoms with Crippen LogP contribution in [0.1, 0.15) is 33.9 Å². The summed E-state index contributed by atoms with van der Waals surface area (Å²) in [4.78, 5) is 1.41. The van der Waals surface area contributed by atoms with Gasteiger partial charge in [-0.3, -0.25) is 0 Å². The molecular weight excluding hydrogens is 338 g/mol. The van der Waals surface area contributed by atoms with E-state index in [0.717, 1.165) is 19.4 Å². The lowest BCUT2D eigenvalue weighted by atomic mass is 9.75. The monoisotopic (exact) mass is 353 g/mol. The molecular formula is C15H16BrNO2S. The van der Waals surface area contributed by atoms with Crippen LogP contribution in [0.25, 0.3) is 0 Å². The topological polar surface area (TPSA) is 52.5 Å². The Morgan fingerprint density at radius 2 is 1.95 bits per heavy atom. The van der Waals surface area contributed by atoms with Crippen molar-refractivity contribution in [1.29, 1.82) is 0 Å². The number of aromatic hydroxyl groups is 2. The minimum absolute atomic E-state index is 0. The standard InChI is InChI=1S/C15H15NO2S.BrH/c17-12-5-8-1-2-11-14(10(8)6-13(12)18)15-9(7-16-11)3-4-19-15;/h3-6,11,14,16-18H,1-2,7H2;1H. The van der Waals surface area contributed by atoms with Gasteiger partial charge in [-0.2, -0.15) is 0 Å². The van der Waals surface area contributed by atoms with Gasteiger partial charge in [-0.1, -0.05) is 0 Å². The molecule has 5 heteroatoms. The molecule has 0 bridgehead atoms. The Labute approximate surface area is 132 Å². The molecule has 0 radical (unpaired) electrons. The summed E-state index contributed by atoms with van der Waals surface area (Å²) in [6.07, 6.45) is 2.04. The van der Waals surface area contributed by atoms with E-state index in [-0.39, 0.29) is 28.5 Å². The van der Waals surface area contributed by atoms with Crippen LogP contribution in [0.2, 0.25) is 0 Å². The Morgan fingerprint density at radius 3 is 2.80 bits per heavy atom. The summed E-state index contributed by atoms with van der Waals surface area (Å²) in [5.41, 5.74) is 3.70. The van der Waals surface area contributed by atoms with E-state index in [1.807, 2.05) is 0 Å². The average Bonchev–Trinajstić information content (AvgIpc) is 2.88. The van der Waals surface area contributed by atoms with Gasteiger partial charge in [-0.15, -0.1) is 28.3 Å². The zero-order valence-electron chi connectivity index (χ0n) is 10.8. The first-order chi connectivity index (χ1) is 9.24. The minimum Gasteiger partial charge on any atom is -0.504 e. The molecule has 3 nitrogen and oxygen atoms in total. The van der Waals surface area contributed by atoms with Crippen LogP contribution >= 0.6 is 28.3 Å². The third-order valence-corrected chi connectivity index (χ3v) is 5.36. The van der Waals surface area contributed by atoms with Crippen molar-refractivity contribution in [2.24, 2.45) is 0 Å². The van der Waals surface area contributed by atoms with Crippen LogP contribution in [0.3, 0.4) is 0 Å². The number of phenolic OH excluding ortho intramolecular Hbond substituents is 2. The zero-order valence-corrected chi connectivity index (χ0v) is 13.3. The summed E-state index contributed by atoms with van der Waals surface area (Å²) in [5.74, 6) is 0.300. The van der Waals surface area contributed by atoms with Gasteiger partial charge in [0, 0.05) is 23.4 Å². The first kappa shape index (κ1) is 13.9. The van der Waals surface area contributed by atoms with E-state index < -0.39 is 0 Å². The minimum atomic E-state index is -0.0110. The number of phenols is 2. The molecule has 4 rings (SSSR count). The van der Waals surface area contributed by atoms with Gasteiger partial charge in [0.05, 0.1) is 0 Å². The Bertz CT molecular complexity index is 655. The van der Waals surface area contributed by atoms with Crippen LogP contribution in [0.15, 0.2) is 23.6 Å². The molecule has 0 fully saturated rings. The maximum Gasteiger partial charge on any atom is 0.157 e. The number of aryl methyl sites for hydroxylation is 1. The quantitative estimate of drug-likeness (QED) is 0.637. The van der Waals surface area contributed by atoms with Crippen LogP contribution in [0.5, 0.6) is 11.5 Å². The molecule has 0 spiro atoms. The van der Waals surface area contributed by atoms with Crippen LogP contribution in [0.4, 0.5) is 0 Å². The predicted octanol–water partition coefficient (Wildman–Crippen LogP) is 3.29. The highest BCUT2D eigenvalue weighted by Crippen LogP contribution is 2.45. The van der Waals surface area contributed by atoms with Gasteiger partial charge < -0.3 is 15.5 Å². The smallest absolute Gasteiger partial charge is 0.157 e. The Kier molecular flexibility index (Phi) is 3.52. The Morgan fingerprint density at radius 1 is 1.15 bits per heavy atom. The van der Waals surface area contributed by atoms with Crippen molar-refractivity contribution < 1.29 is 10.2 Å². The molecule has 1 aromatic heterocycles. The number of hydrogen-bond donors (Lipinski definition) is 3. The molecule has 2 aromatic rings. The molecule has 0 saturated heterocycles. The van der Waals surface area contributed by atoms with E-state index in [9.17, 15) is 10.2 Å². The Balaban J connectivity index is 0.00000121. The highest BCUT2D eigenvalue weighted by Gasteiger charge is 2.36. The fourth-order valence-electron chi connectivity index (χ4n) is 3.39. The number of rotatable bonds is 0. The lowest BCUT2D eigenvalue weighted by Gasteiger charge is -2.38. The number of thiophene rings is 1. The van der Waals surface area contributed by atoms with Gasteiger partial charge in [0.2, 0.25) is 0 Å². The van der Waals surface area contributed by atoms with Gasteiger partial charge in [0.1, 0.15) is 0 Å². The van der Waals surface area contributed by atoms with E-state index >= 15 is 0 Å². The van der Waals surface area contributed by atoms with Crippen molar-refractivity contribution in [1.82, 2.24) is 5.32 Å². The second kappa shape index (κ2) is 5.06. The molecule has 2 heterocycles. The second-order valence-electron chi connectivity index (χ2n) is 5.35. The summed E-state index contributed by atoms with van der Waals surface area (Å²) in [7, 11) is 0. The fraction of sp³-hybridized carbons (Fsp3) is 0.333. The molecule has 2 unspecified atom stereocenters. The van der Waals surface area contributed by atoms with Crippen molar-refractivity contribution >= 4 is 28.3 Å². The molecule has 20 heavy (non-hydrogen) atoms. The van der Waals surface area contributed by atoms with Gasteiger partial charge in [0.15, 0.2) is 11.5 Å². The Hall–Kier alpha value is -1.04. The number of nitrogens with one attached hydrogen (secondary N) is 1. The molecule has 106 valence electrons. The molecule has 3 N–H and O–H groups in total. The van der Waals surface area contributed by atoms with Crippen molar-refractivity contribution in [2.45, 2.75) is 31.3 Å². The van der Waals surface area contributed by atoms with E-state index in [0.29, 0.717) is 12.0 Å². The zero-order chi connectivity index (χ0) is 13.0. The van der Waals surface area contributed by atoms with E-state index in [4.69, 9.17) is 0 Å². The maximum atomic E-state index is 9.80. The first-order valence-corrected chi connectivity index (χ1v) is 7.46. The third kappa shape index (κ3) is 1.96. The molecule has 2 aliphatic rings. The van der Waals surface area contributed by atoms with E-state index in [1.54, 1.807) is 23.5 Å². The number of benzene rings is 1. The fourth-order valence-corrected chi connectivity index (χ4v) is 4.50. The van der Waals surface area contributed by atoms with Gasteiger partial charge in [-0.05, 0) is 53.1 Å². The number of halogens is 1. The summed E-state index contributed by atoms with van der Waals surface area (Å²) >= 11 is 1.80. The lowest BCUT2D eigenvalue weighted by Crippen LogP contribution is -2.41. The van der Waals surface area contributed by atoms with Crippen LogP contribution in [0, 0.1) is 0 Å². The molecule has 0 amide bonds. The third-order valence-electron chi connectivity index (χ3n) is 4.32. The predicted molar refractivity (Wildman–Crippen MR) is 85.2 cm³/mol.